The molecule has 0 spiro atoms. The molecule has 7 rings (SSSR count). The number of likely N-dealkylation sites (N-methyl/N-ethyl adjacent to an activating group) is 1. The van der Waals surface area contributed by atoms with E-state index in [1.165, 1.54) is 7.11 Å². The molecule has 0 aliphatic carbocycles. The monoisotopic (exact) mass is 774 g/mol. The number of hydrogen-bond acceptors (Lipinski definition) is 8. The van der Waals surface area contributed by atoms with Crippen molar-refractivity contribution >= 4 is 46.7 Å². The maximum Gasteiger partial charge on any atom is 0.328 e. The van der Waals surface area contributed by atoms with Gasteiger partial charge >= 0.3 is 5.97 Å². The van der Waals surface area contributed by atoms with Crippen molar-refractivity contribution in [3.05, 3.63) is 147 Å². The van der Waals surface area contributed by atoms with E-state index >= 15 is 0 Å². The van der Waals surface area contributed by atoms with Crippen molar-refractivity contribution in [3.8, 4) is 28.7 Å². The van der Waals surface area contributed by atoms with Gasteiger partial charge in [0, 0.05) is 25.6 Å². The Morgan fingerprint density at radius 2 is 1.62 bits per heavy atom. The summed E-state index contributed by atoms with van der Waals surface area (Å²) in [5.41, 5.74) is 7.36. The number of carbonyl (C=O) groups excluding carboxylic acids is 3. The summed E-state index contributed by atoms with van der Waals surface area (Å²) in [6.07, 6.45) is -0.267. The molecule has 5 aromatic rings. The number of nitrogens with zero attached hydrogens (tertiary/aromatic N) is 2. The standard InChI is InChI=1S/C43H36Cl2N4O6/c1-49-38-20-31-19-36(41(50)48-37(43(52)53-2)18-25-3-8-28(9-4-25)29-10-5-26(22-46)6-11-29)47-23-32(31)21-39(38)55-40(42(49)51)30-12-14-33(15-13-30)54-24-27-7-16-34(44)35(45)17-27/h3-17,20-21,36-37,40,47H,18-19,23-24H2,1-2H3,(H,48,50). The van der Waals surface area contributed by atoms with Gasteiger partial charge in [-0.05, 0) is 88.3 Å². The van der Waals surface area contributed by atoms with Crippen molar-refractivity contribution in [1.29, 1.82) is 5.26 Å². The van der Waals surface area contributed by atoms with E-state index in [2.05, 4.69) is 16.7 Å². The number of rotatable bonds is 10. The first-order valence-corrected chi connectivity index (χ1v) is 18.3. The van der Waals surface area contributed by atoms with E-state index in [1.54, 1.807) is 48.3 Å². The molecule has 0 saturated carbocycles. The van der Waals surface area contributed by atoms with Crippen molar-refractivity contribution in [2.45, 2.75) is 44.2 Å². The van der Waals surface area contributed by atoms with E-state index in [4.69, 9.17) is 42.7 Å². The Morgan fingerprint density at radius 3 is 2.29 bits per heavy atom. The zero-order valence-corrected chi connectivity index (χ0v) is 31.5. The molecule has 5 aromatic carbocycles. The van der Waals surface area contributed by atoms with E-state index in [9.17, 15) is 14.4 Å². The zero-order valence-electron chi connectivity index (χ0n) is 30.0. The lowest BCUT2D eigenvalue weighted by Gasteiger charge is -2.35. The first-order valence-electron chi connectivity index (χ1n) is 17.6. The van der Waals surface area contributed by atoms with E-state index in [0.717, 1.165) is 33.4 Å². The second-order valence-corrected chi connectivity index (χ2v) is 14.2. The molecule has 0 saturated heterocycles. The van der Waals surface area contributed by atoms with Crippen molar-refractivity contribution in [3.63, 3.8) is 0 Å². The molecule has 2 heterocycles. The Labute approximate surface area is 328 Å². The quantitative estimate of drug-likeness (QED) is 0.144. The highest BCUT2D eigenvalue weighted by Crippen LogP contribution is 2.41. The number of anilines is 1. The number of carbonyl (C=O) groups is 3. The average molecular weight is 776 g/mol. The molecule has 3 unspecified atom stereocenters. The second kappa shape index (κ2) is 16.2. The van der Waals surface area contributed by atoms with Gasteiger partial charge in [-0.1, -0.05) is 77.8 Å². The second-order valence-electron chi connectivity index (χ2n) is 13.4. The van der Waals surface area contributed by atoms with Gasteiger partial charge in [-0.25, -0.2) is 4.79 Å². The largest absolute Gasteiger partial charge is 0.489 e. The van der Waals surface area contributed by atoms with E-state index < -0.39 is 24.2 Å². The minimum absolute atomic E-state index is 0.231. The van der Waals surface area contributed by atoms with Gasteiger partial charge in [0.05, 0.1) is 40.5 Å². The minimum atomic E-state index is -0.901. The number of nitrogens with one attached hydrogen (secondary N) is 2. The van der Waals surface area contributed by atoms with Crippen LogP contribution in [-0.2, 0) is 45.1 Å². The van der Waals surface area contributed by atoms with Crippen molar-refractivity contribution < 1.29 is 28.6 Å². The highest BCUT2D eigenvalue weighted by Gasteiger charge is 2.36. The third kappa shape index (κ3) is 8.30. The van der Waals surface area contributed by atoms with Gasteiger partial charge in [0.15, 0.2) is 0 Å². The Kier molecular flexibility index (Phi) is 11.1. The van der Waals surface area contributed by atoms with Crippen LogP contribution in [0.5, 0.6) is 11.5 Å². The van der Waals surface area contributed by atoms with Crippen molar-refractivity contribution in [2.24, 2.45) is 0 Å². The van der Waals surface area contributed by atoms with Crippen LogP contribution < -0.4 is 25.0 Å². The summed E-state index contributed by atoms with van der Waals surface area (Å²) in [5, 5.41) is 16.2. The number of esters is 1. The summed E-state index contributed by atoms with van der Waals surface area (Å²) in [6.45, 7) is 0.687. The third-order valence-corrected chi connectivity index (χ3v) is 10.6. The number of methoxy groups -OCH3 is 1. The summed E-state index contributed by atoms with van der Waals surface area (Å²) >= 11 is 12.1. The molecule has 0 aromatic heterocycles. The molecule has 0 fully saturated rings. The van der Waals surface area contributed by atoms with Crippen LogP contribution in [0.4, 0.5) is 5.69 Å². The van der Waals surface area contributed by atoms with Crippen LogP contribution in [0.3, 0.4) is 0 Å². The zero-order chi connectivity index (χ0) is 38.6. The Hall–Kier alpha value is -5.86. The molecule has 55 heavy (non-hydrogen) atoms. The van der Waals surface area contributed by atoms with Crippen LogP contribution in [0, 0.1) is 11.3 Å². The van der Waals surface area contributed by atoms with Gasteiger partial charge in [-0.3, -0.25) is 9.59 Å². The molecule has 0 bridgehead atoms. The van der Waals surface area contributed by atoms with Crippen LogP contribution in [0.25, 0.3) is 11.1 Å². The number of amides is 2. The number of halogens is 2. The van der Waals surface area contributed by atoms with Gasteiger partial charge in [-0.15, -0.1) is 0 Å². The molecule has 278 valence electrons. The van der Waals surface area contributed by atoms with Gasteiger partial charge in [0.2, 0.25) is 12.0 Å². The predicted octanol–water partition coefficient (Wildman–Crippen LogP) is 7.12. The van der Waals surface area contributed by atoms with Gasteiger partial charge in [0.25, 0.3) is 5.91 Å². The fourth-order valence-corrected chi connectivity index (χ4v) is 7.03. The number of hydrogen-bond donors (Lipinski definition) is 2. The topological polar surface area (TPSA) is 130 Å². The molecule has 2 aliphatic rings. The molecule has 12 heteroatoms. The summed E-state index contributed by atoms with van der Waals surface area (Å²) < 4.78 is 17.2. The molecule has 10 nitrogen and oxygen atoms in total. The molecular formula is C43H36Cl2N4O6. The number of benzene rings is 5. The summed E-state index contributed by atoms with van der Waals surface area (Å²) in [7, 11) is 3.00. The third-order valence-electron chi connectivity index (χ3n) is 9.84. The molecule has 0 radical (unpaired) electrons. The smallest absolute Gasteiger partial charge is 0.328 e. The molecule has 2 aliphatic heterocycles. The molecule has 3 atom stereocenters. The molecule has 2 amide bonds. The Bertz CT molecular complexity index is 2290. The lowest BCUT2D eigenvalue weighted by molar-refractivity contribution is -0.145. The highest BCUT2D eigenvalue weighted by molar-refractivity contribution is 6.42. The lowest BCUT2D eigenvalue weighted by Crippen LogP contribution is -2.53. The first kappa shape index (κ1) is 37.5. The summed E-state index contributed by atoms with van der Waals surface area (Å²) in [4.78, 5) is 41.5. The Morgan fingerprint density at radius 1 is 0.927 bits per heavy atom. The van der Waals surface area contributed by atoms with Crippen LogP contribution >= 0.6 is 23.2 Å². The van der Waals surface area contributed by atoms with Crippen molar-refractivity contribution in [1.82, 2.24) is 10.6 Å². The van der Waals surface area contributed by atoms with Gasteiger partial charge in [-0.2, -0.15) is 5.26 Å². The molecule has 2 N–H and O–H groups in total. The Balaban J connectivity index is 0.989. The summed E-state index contributed by atoms with van der Waals surface area (Å²) in [5.74, 6) is 0.0703. The highest BCUT2D eigenvalue weighted by atomic mass is 35.5. The fraction of sp³-hybridized carbons (Fsp3) is 0.209. The fourth-order valence-electron chi connectivity index (χ4n) is 6.71. The normalized spacial score (nSPS) is 16.5. The first-order chi connectivity index (χ1) is 26.6. The maximum atomic E-state index is 13.6. The molecular weight excluding hydrogens is 739 g/mol. The van der Waals surface area contributed by atoms with Crippen LogP contribution in [0.1, 0.15) is 39.5 Å². The average Bonchev–Trinajstić information content (AvgIpc) is 3.21. The SMILES string of the molecule is COC(=O)C(Cc1ccc(-c2ccc(C#N)cc2)cc1)NC(=O)C1Cc2cc3c(cc2CN1)OC(c1ccc(OCc2ccc(Cl)c(Cl)c2)cc1)C(=O)N3C. The number of ether oxygens (including phenoxy) is 3. The van der Waals surface area contributed by atoms with Gasteiger partial charge < -0.3 is 29.7 Å². The van der Waals surface area contributed by atoms with Crippen molar-refractivity contribution in [2.75, 3.05) is 19.1 Å². The van der Waals surface area contributed by atoms with Crippen LogP contribution in [0.2, 0.25) is 10.0 Å². The number of fused-ring (bicyclic) bond motifs is 2. The minimum Gasteiger partial charge on any atom is -0.489 e. The van der Waals surface area contributed by atoms with Gasteiger partial charge in [0.1, 0.15) is 24.1 Å². The number of nitriles is 1. The van der Waals surface area contributed by atoms with E-state index in [0.29, 0.717) is 57.9 Å². The van der Waals surface area contributed by atoms with E-state index in [-0.39, 0.29) is 18.2 Å². The van der Waals surface area contributed by atoms with E-state index in [1.807, 2.05) is 66.7 Å². The summed E-state index contributed by atoms with van der Waals surface area (Å²) in [6, 6.07) is 31.9. The van der Waals surface area contributed by atoms with Crippen LogP contribution in [-0.4, -0.2) is 44.0 Å². The van der Waals surface area contributed by atoms with Crippen LogP contribution in [0.15, 0.2) is 103 Å². The predicted molar refractivity (Wildman–Crippen MR) is 209 cm³/mol. The lowest BCUT2D eigenvalue weighted by atomic mass is 9.93. The maximum absolute atomic E-state index is 13.6.